The fourth-order valence-electron chi connectivity index (χ4n) is 1.90. The second-order valence-corrected chi connectivity index (χ2v) is 4.10. The molecule has 1 aliphatic rings. The molecule has 0 spiro atoms. The van der Waals surface area contributed by atoms with Gasteiger partial charge in [-0.2, -0.15) is 0 Å². The Morgan fingerprint density at radius 2 is 2.36 bits per heavy atom. The summed E-state index contributed by atoms with van der Waals surface area (Å²) in [5.74, 6) is -0.189. The molecule has 1 aromatic carbocycles. The van der Waals surface area contributed by atoms with Gasteiger partial charge in [0.2, 0.25) is 0 Å². The Hall–Kier alpha value is -0.600. The van der Waals surface area contributed by atoms with Crippen molar-refractivity contribution in [1.82, 2.24) is 5.32 Å². The quantitative estimate of drug-likeness (QED) is 0.797. The molecule has 0 unspecified atom stereocenters. The van der Waals surface area contributed by atoms with Gasteiger partial charge < -0.3 is 5.32 Å². The van der Waals surface area contributed by atoms with E-state index in [0.717, 1.165) is 13.0 Å². The smallest absolute Gasteiger partial charge is 0.127 e. The summed E-state index contributed by atoms with van der Waals surface area (Å²) in [6.07, 6.45) is 2.99. The van der Waals surface area contributed by atoms with Crippen molar-refractivity contribution < 1.29 is 4.39 Å². The maximum Gasteiger partial charge on any atom is 0.127 e. The minimum atomic E-state index is -0.189. The molecule has 1 atom stereocenters. The van der Waals surface area contributed by atoms with Gasteiger partial charge in [0.25, 0.3) is 0 Å². The number of halogens is 2. The van der Waals surface area contributed by atoms with Gasteiger partial charge in [-0.3, -0.25) is 0 Å². The largest absolute Gasteiger partial charge is 0.314 e. The van der Waals surface area contributed by atoms with Crippen molar-refractivity contribution in [2.75, 3.05) is 6.54 Å². The summed E-state index contributed by atoms with van der Waals surface area (Å²) in [7, 11) is 0. The van der Waals surface area contributed by atoms with Crippen molar-refractivity contribution in [3.63, 3.8) is 0 Å². The topological polar surface area (TPSA) is 12.0 Å². The molecule has 1 fully saturated rings. The third kappa shape index (κ3) is 2.07. The predicted octanol–water partition coefficient (Wildman–Crippen LogP) is 2.77. The molecule has 0 saturated carbocycles. The molecule has 14 heavy (non-hydrogen) atoms. The predicted molar refractivity (Wildman–Crippen MR) is 56.1 cm³/mol. The summed E-state index contributed by atoms with van der Waals surface area (Å²) in [5, 5.41) is 3.87. The number of nitrogens with one attached hydrogen (secondary N) is 1. The monoisotopic (exact) mass is 213 g/mol. The second kappa shape index (κ2) is 4.28. The third-order valence-electron chi connectivity index (χ3n) is 2.67. The molecule has 0 amide bonds. The van der Waals surface area contributed by atoms with E-state index in [-0.39, 0.29) is 5.82 Å². The van der Waals surface area contributed by atoms with Gasteiger partial charge in [0, 0.05) is 16.6 Å². The lowest BCUT2D eigenvalue weighted by molar-refractivity contribution is 0.561. The van der Waals surface area contributed by atoms with E-state index in [9.17, 15) is 4.39 Å². The van der Waals surface area contributed by atoms with E-state index in [2.05, 4.69) is 5.32 Å². The highest BCUT2D eigenvalue weighted by Crippen LogP contribution is 2.22. The summed E-state index contributed by atoms with van der Waals surface area (Å²) in [6, 6.07) is 5.25. The normalized spacial score (nSPS) is 21.4. The molecule has 1 heterocycles. The highest BCUT2D eigenvalue weighted by Gasteiger charge is 2.17. The molecule has 1 aromatic rings. The molecule has 0 radical (unpaired) electrons. The fourth-order valence-corrected chi connectivity index (χ4v) is 2.14. The Labute approximate surface area is 88.3 Å². The SMILES string of the molecule is Fc1cccc(Cl)c1C[C@H]1CCCN1. The Balaban J connectivity index is 2.14. The highest BCUT2D eigenvalue weighted by molar-refractivity contribution is 6.31. The van der Waals surface area contributed by atoms with Crippen LogP contribution in [0.4, 0.5) is 4.39 Å². The van der Waals surface area contributed by atoms with Crippen molar-refractivity contribution >= 4 is 11.6 Å². The molecular weight excluding hydrogens is 201 g/mol. The molecule has 0 aromatic heterocycles. The minimum absolute atomic E-state index is 0.189. The van der Waals surface area contributed by atoms with Gasteiger partial charge in [-0.25, -0.2) is 4.39 Å². The maximum absolute atomic E-state index is 13.4. The van der Waals surface area contributed by atoms with Gasteiger partial charge in [0.15, 0.2) is 0 Å². The van der Waals surface area contributed by atoms with Gasteiger partial charge >= 0.3 is 0 Å². The Morgan fingerprint density at radius 3 is 3.00 bits per heavy atom. The van der Waals surface area contributed by atoms with Crippen LogP contribution in [0.5, 0.6) is 0 Å². The number of hydrogen-bond acceptors (Lipinski definition) is 1. The maximum atomic E-state index is 13.4. The molecule has 76 valence electrons. The van der Waals surface area contributed by atoms with Crippen LogP contribution in [0.1, 0.15) is 18.4 Å². The third-order valence-corrected chi connectivity index (χ3v) is 3.03. The standard InChI is InChI=1S/C11H13ClFN/c12-10-4-1-5-11(13)9(10)7-8-3-2-6-14-8/h1,4-5,8,14H,2-3,6-7H2/t8-/m1/s1. The lowest BCUT2D eigenvalue weighted by atomic mass is 10.0. The van der Waals surface area contributed by atoms with E-state index in [0.29, 0.717) is 23.0 Å². The van der Waals surface area contributed by atoms with Crippen LogP contribution in [0, 0.1) is 5.82 Å². The van der Waals surface area contributed by atoms with Gasteiger partial charge in [-0.05, 0) is 37.9 Å². The fraction of sp³-hybridized carbons (Fsp3) is 0.455. The van der Waals surface area contributed by atoms with E-state index < -0.39 is 0 Å². The zero-order chi connectivity index (χ0) is 9.97. The van der Waals surface area contributed by atoms with Crippen LogP contribution in [0.3, 0.4) is 0 Å². The average molecular weight is 214 g/mol. The first-order chi connectivity index (χ1) is 6.77. The summed E-state index contributed by atoms with van der Waals surface area (Å²) in [5.41, 5.74) is 0.647. The van der Waals surface area contributed by atoms with Crippen LogP contribution in [-0.2, 0) is 6.42 Å². The number of rotatable bonds is 2. The molecule has 1 nitrogen and oxygen atoms in total. The first kappa shape index (κ1) is 9.94. The first-order valence-corrected chi connectivity index (χ1v) is 5.31. The van der Waals surface area contributed by atoms with Crippen molar-refractivity contribution in [2.45, 2.75) is 25.3 Å². The van der Waals surface area contributed by atoms with Crippen LogP contribution < -0.4 is 5.32 Å². The summed E-state index contributed by atoms with van der Waals surface area (Å²) >= 11 is 5.94. The molecule has 1 aliphatic heterocycles. The van der Waals surface area contributed by atoms with E-state index in [1.54, 1.807) is 12.1 Å². The average Bonchev–Trinajstić information content (AvgIpc) is 2.64. The molecule has 1 N–H and O–H groups in total. The zero-order valence-electron chi connectivity index (χ0n) is 7.89. The lowest BCUT2D eigenvalue weighted by Crippen LogP contribution is -2.24. The first-order valence-electron chi connectivity index (χ1n) is 4.93. The number of benzene rings is 1. The van der Waals surface area contributed by atoms with Crippen LogP contribution in [0.2, 0.25) is 5.02 Å². The number of hydrogen-bond donors (Lipinski definition) is 1. The van der Waals surface area contributed by atoms with Gasteiger partial charge in [0.05, 0.1) is 0 Å². The van der Waals surface area contributed by atoms with Gasteiger partial charge in [-0.15, -0.1) is 0 Å². The molecule has 3 heteroatoms. The molecule has 1 saturated heterocycles. The Bertz CT molecular complexity index is 301. The molecule has 0 bridgehead atoms. The van der Waals surface area contributed by atoms with Crippen LogP contribution in [0.25, 0.3) is 0 Å². The van der Waals surface area contributed by atoms with Crippen molar-refractivity contribution in [1.29, 1.82) is 0 Å². The molecule has 2 rings (SSSR count). The van der Waals surface area contributed by atoms with Crippen molar-refractivity contribution in [2.24, 2.45) is 0 Å². The minimum Gasteiger partial charge on any atom is -0.314 e. The summed E-state index contributed by atoms with van der Waals surface area (Å²) < 4.78 is 13.4. The van der Waals surface area contributed by atoms with Gasteiger partial charge in [0.1, 0.15) is 5.82 Å². The van der Waals surface area contributed by atoms with E-state index in [1.807, 2.05) is 0 Å². The highest BCUT2D eigenvalue weighted by atomic mass is 35.5. The van der Waals surface area contributed by atoms with Crippen LogP contribution >= 0.6 is 11.6 Å². The second-order valence-electron chi connectivity index (χ2n) is 3.70. The zero-order valence-corrected chi connectivity index (χ0v) is 8.65. The molecular formula is C11H13ClFN. The Kier molecular flexibility index (Phi) is 3.04. The van der Waals surface area contributed by atoms with Crippen molar-refractivity contribution in [3.8, 4) is 0 Å². The van der Waals surface area contributed by atoms with E-state index in [4.69, 9.17) is 11.6 Å². The van der Waals surface area contributed by atoms with Crippen LogP contribution in [-0.4, -0.2) is 12.6 Å². The molecule has 0 aliphatic carbocycles. The lowest BCUT2D eigenvalue weighted by Gasteiger charge is -2.11. The van der Waals surface area contributed by atoms with E-state index in [1.165, 1.54) is 12.5 Å². The summed E-state index contributed by atoms with van der Waals surface area (Å²) in [6.45, 7) is 1.04. The van der Waals surface area contributed by atoms with Gasteiger partial charge in [-0.1, -0.05) is 17.7 Å². The van der Waals surface area contributed by atoms with Crippen LogP contribution in [0.15, 0.2) is 18.2 Å². The van der Waals surface area contributed by atoms with E-state index >= 15 is 0 Å². The van der Waals surface area contributed by atoms with Crippen molar-refractivity contribution in [3.05, 3.63) is 34.6 Å². The summed E-state index contributed by atoms with van der Waals surface area (Å²) in [4.78, 5) is 0. The Morgan fingerprint density at radius 1 is 1.50 bits per heavy atom.